The highest BCUT2D eigenvalue weighted by atomic mass is 31.2. The number of hydrogen-bond donors (Lipinski definition) is 5. The maximum atomic E-state index is 12.2. The van der Waals surface area contributed by atoms with Crippen LogP contribution in [0.1, 0.15) is 6.04 Å². The van der Waals surface area contributed by atoms with Crippen LogP contribution in [0.25, 0.3) is 11.2 Å². The molecule has 0 aromatic carbocycles. The van der Waals surface area contributed by atoms with Crippen LogP contribution in [0.5, 0.6) is 0 Å². The first-order valence-corrected chi connectivity index (χ1v) is 11.4. The maximum Gasteiger partial charge on any atom is 0.350 e. The van der Waals surface area contributed by atoms with Crippen molar-refractivity contribution in [3.8, 4) is 0 Å². The Morgan fingerprint density at radius 3 is 2.57 bits per heavy atom. The minimum absolute atomic E-state index is 0.0243. The average Bonchev–Trinajstić information content (AvgIpc) is 3.15. The zero-order valence-corrected chi connectivity index (χ0v) is 15.9. The highest BCUT2D eigenvalue weighted by Gasteiger charge is 2.40. The number of fused-ring (bicyclic) bond motifs is 1. The number of ether oxygens (including phenoxy) is 1. The lowest BCUT2D eigenvalue weighted by atomic mass is 10.2. The standard InChI is InChI=1S/C12H17N5O9P2/c18-9(3-27(20,21)22)16-1-7(8(2-16)26-6-28(23,24)25)17-5-15-10-11(17)13-4-14-12(10)19/h4-5,7-8H,1-3,6H2,(H,13,14,19)(H2,20,21,22)(H2,23,24,25)/t7?,8-/m0/s1. The lowest BCUT2D eigenvalue weighted by Crippen LogP contribution is -2.32. The van der Waals surface area contributed by atoms with Gasteiger partial charge in [-0.15, -0.1) is 0 Å². The van der Waals surface area contributed by atoms with E-state index in [9.17, 15) is 18.7 Å². The van der Waals surface area contributed by atoms with Crippen molar-refractivity contribution in [1.82, 2.24) is 24.4 Å². The normalized spacial score (nSPS) is 20.8. The molecule has 28 heavy (non-hydrogen) atoms. The molecule has 5 N–H and O–H groups in total. The summed E-state index contributed by atoms with van der Waals surface area (Å²) in [5.41, 5.74) is -0.303. The molecular weight excluding hydrogens is 420 g/mol. The van der Waals surface area contributed by atoms with Crippen LogP contribution < -0.4 is 5.56 Å². The van der Waals surface area contributed by atoms with Crippen molar-refractivity contribution in [2.45, 2.75) is 12.1 Å². The summed E-state index contributed by atoms with van der Waals surface area (Å²) in [6.07, 6.45) is -0.405. The summed E-state index contributed by atoms with van der Waals surface area (Å²) in [4.78, 5) is 71.6. The van der Waals surface area contributed by atoms with Crippen LogP contribution in [0.4, 0.5) is 0 Å². The lowest BCUT2D eigenvalue weighted by molar-refractivity contribution is -0.128. The number of nitrogens with zero attached hydrogens (tertiary/aromatic N) is 4. The van der Waals surface area contributed by atoms with E-state index in [1.165, 1.54) is 10.9 Å². The summed E-state index contributed by atoms with van der Waals surface area (Å²) in [6, 6.07) is -0.730. The number of aromatic nitrogens is 4. The average molecular weight is 437 g/mol. The van der Waals surface area contributed by atoms with Crippen molar-refractivity contribution in [2.24, 2.45) is 0 Å². The minimum Gasteiger partial charge on any atom is -0.362 e. The van der Waals surface area contributed by atoms with Crippen LogP contribution in [0.3, 0.4) is 0 Å². The summed E-state index contributed by atoms with van der Waals surface area (Å²) in [6.45, 7) is -0.239. The van der Waals surface area contributed by atoms with Gasteiger partial charge in [-0.3, -0.25) is 18.7 Å². The molecule has 14 nitrogen and oxygen atoms in total. The third-order valence-corrected chi connectivity index (χ3v) is 5.28. The molecule has 0 spiro atoms. The summed E-state index contributed by atoms with van der Waals surface area (Å²) >= 11 is 0. The van der Waals surface area contributed by atoms with Crippen LogP contribution >= 0.6 is 15.2 Å². The third-order valence-electron chi connectivity index (χ3n) is 4.11. The first kappa shape index (κ1) is 20.8. The van der Waals surface area contributed by atoms with Gasteiger partial charge in [-0.1, -0.05) is 0 Å². The van der Waals surface area contributed by atoms with Crippen LogP contribution in [0, 0.1) is 0 Å². The molecule has 1 amide bonds. The number of hydrogen-bond acceptors (Lipinski definition) is 7. The van der Waals surface area contributed by atoms with Gasteiger partial charge in [-0.05, 0) is 0 Å². The molecule has 16 heteroatoms. The fraction of sp³-hybridized carbons (Fsp3) is 0.500. The smallest absolute Gasteiger partial charge is 0.350 e. The van der Waals surface area contributed by atoms with E-state index in [2.05, 4.69) is 15.0 Å². The molecule has 2 atom stereocenters. The van der Waals surface area contributed by atoms with Gasteiger partial charge >= 0.3 is 15.2 Å². The van der Waals surface area contributed by atoms with E-state index in [4.69, 9.17) is 24.3 Å². The molecule has 0 radical (unpaired) electrons. The minimum atomic E-state index is -4.59. The van der Waals surface area contributed by atoms with Gasteiger partial charge in [0, 0.05) is 13.1 Å². The number of H-pyrrole nitrogens is 1. The van der Waals surface area contributed by atoms with E-state index < -0.39 is 51.3 Å². The predicted octanol–water partition coefficient (Wildman–Crippen LogP) is -1.80. The number of carbonyl (C=O) groups excluding carboxylic acids is 1. The Morgan fingerprint density at radius 2 is 1.93 bits per heavy atom. The van der Waals surface area contributed by atoms with Gasteiger partial charge in [0.2, 0.25) is 5.91 Å². The van der Waals surface area contributed by atoms with Gasteiger partial charge in [0.05, 0.1) is 24.8 Å². The Kier molecular flexibility index (Phi) is 5.56. The maximum absolute atomic E-state index is 12.2. The molecule has 2 aromatic rings. The Balaban J connectivity index is 1.91. The number of carbonyl (C=O) groups is 1. The lowest BCUT2D eigenvalue weighted by Gasteiger charge is -2.20. The molecule has 0 saturated carbocycles. The van der Waals surface area contributed by atoms with Crippen molar-refractivity contribution in [3.05, 3.63) is 23.0 Å². The zero-order valence-electron chi connectivity index (χ0n) is 14.2. The SMILES string of the molecule is O=C(CP(=O)(O)O)N1CC(n2cnc3c(=O)[nH]cnc32)[C@@H](OCP(=O)(O)O)C1. The second kappa shape index (κ2) is 7.48. The quantitative estimate of drug-likeness (QED) is 0.318. The van der Waals surface area contributed by atoms with Crippen molar-refractivity contribution in [3.63, 3.8) is 0 Å². The Hall–Kier alpha value is -1.92. The van der Waals surface area contributed by atoms with E-state index in [0.29, 0.717) is 0 Å². The molecular formula is C12H17N5O9P2. The third kappa shape index (κ3) is 4.73. The number of imidazole rings is 1. The van der Waals surface area contributed by atoms with Crippen LogP contribution in [-0.2, 0) is 18.7 Å². The molecule has 1 fully saturated rings. The number of nitrogens with one attached hydrogen (secondary N) is 1. The van der Waals surface area contributed by atoms with E-state index >= 15 is 0 Å². The molecule has 1 unspecified atom stereocenters. The summed E-state index contributed by atoms with van der Waals surface area (Å²) in [7, 11) is -9.10. The van der Waals surface area contributed by atoms with E-state index in [0.717, 1.165) is 11.2 Å². The highest BCUT2D eigenvalue weighted by molar-refractivity contribution is 7.52. The Labute approximate surface area is 156 Å². The van der Waals surface area contributed by atoms with Gasteiger partial charge in [0.1, 0.15) is 12.5 Å². The highest BCUT2D eigenvalue weighted by Crippen LogP contribution is 2.38. The van der Waals surface area contributed by atoms with Crippen molar-refractivity contribution >= 4 is 32.3 Å². The van der Waals surface area contributed by atoms with E-state index in [1.54, 1.807) is 0 Å². The molecule has 1 aliphatic heterocycles. The largest absolute Gasteiger partial charge is 0.362 e. The number of amides is 1. The van der Waals surface area contributed by atoms with Crippen molar-refractivity contribution < 1.29 is 38.2 Å². The molecule has 3 rings (SSSR count). The summed E-state index contributed by atoms with van der Waals surface area (Å²) in [5.74, 6) is -0.837. The fourth-order valence-electron chi connectivity index (χ4n) is 2.97. The van der Waals surface area contributed by atoms with Crippen LogP contribution in [-0.4, -0.2) is 81.6 Å². The number of rotatable bonds is 6. The molecule has 3 heterocycles. The van der Waals surface area contributed by atoms with E-state index in [-0.39, 0.29) is 24.3 Å². The number of aromatic amines is 1. The molecule has 154 valence electrons. The predicted molar refractivity (Wildman–Crippen MR) is 92.5 cm³/mol. The molecule has 0 aliphatic carbocycles. The second-order valence-electron chi connectivity index (χ2n) is 6.24. The van der Waals surface area contributed by atoms with Gasteiger partial charge in [0.15, 0.2) is 11.2 Å². The van der Waals surface area contributed by atoms with Gasteiger partial charge in [-0.2, -0.15) is 0 Å². The Morgan fingerprint density at radius 1 is 1.21 bits per heavy atom. The van der Waals surface area contributed by atoms with Crippen molar-refractivity contribution in [2.75, 3.05) is 25.6 Å². The van der Waals surface area contributed by atoms with Gasteiger partial charge < -0.3 is 38.8 Å². The van der Waals surface area contributed by atoms with E-state index in [1.807, 2.05) is 0 Å². The summed E-state index contributed by atoms with van der Waals surface area (Å²) in [5, 5.41) is 0. The number of likely N-dealkylation sites (tertiary alicyclic amines) is 1. The molecule has 1 saturated heterocycles. The molecule has 2 aromatic heterocycles. The first-order valence-electron chi connectivity index (χ1n) is 7.83. The van der Waals surface area contributed by atoms with Gasteiger partial charge in [-0.25, -0.2) is 9.97 Å². The van der Waals surface area contributed by atoms with Crippen LogP contribution in [0.15, 0.2) is 17.4 Å². The van der Waals surface area contributed by atoms with Gasteiger partial charge in [0.25, 0.3) is 5.56 Å². The topological polar surface area (TPSA) is 208 Å². The molecule has 0 bridgehead atoms. The second-order valence-corrected chi connectivity index (χ2v) is 9.48. The monoisotopic (exact) mass is 437 g/mol. The van der Waals surface area contributed by atoms with Crippen molar-refractivity contribution in [1.29, 1.82) is 0 Å². The zero-order chi connectivity index (χ0) is 20.7. The summed E-state index contributed by atoms with van der Waals surface area (Å²) < 4.78 is 29.0. The Bertz CT molecular complexity index is 1040. The first-order chi connectivity index (χ1) is 12.9. The fourth-order valence-corrected chi connectivity index (χ4v) is 3.90. The molecule has 1 aliphatic rings. The van der Waals surface area contributed by atoms with Crippen LogP contribution in [0.2, 0.25) is 0 Å².